The van der Waals surface area contributed by atoms with Gasteiger partial charge in [0.2, 0.25) is 12.7 Å². The van der Waals surface area contributed by atoms with E-state index in [1.807, 2.05) is 0 Å². The molecule has 26 heavy (non-hydrogen) atoms. The Morgan fingerprint density at radius 3 is 2.69 bits per heavy atom. The Morgan fingerprint density at radius 1 is 1.04 bits per heavy atom. The molecule has 3 aromatic rings. The number of amides is 2. The maximum absolute atomic E-state index is 12.9. The lowest BCUT2D eigenvalue weighted by atomic mass is 10.1. The maximum atomic E-state index is 12.9. The number of benzene rings is 2. The van der Waals surface area contributed by atoms with Crippen molar-refractivity contribution in [2.75, 3.05) is 17.4 Å². The van der Waals surface area contributed by atoms with Gasteiger partial charge in [0.05, 0.1) is 6.42 Å². The van der Waals surface area contributed by atoms with Crippen LogP contribution < -0.4 is 20.1 Å². The standard InChI is InChI=1S/C17H13FN4O4/c18-11-3-1-10(2-4-11)7-15-21-22-17(26-15)20-16(23)19-12-5-6-13-14(8-12)25-9-24-13/h1-6,8H,7,9H2,(H2,19,20,22,23). The first-order valence-corrected chi connectivity index (χ1v) is 7.70. The van der Waals surface area contributed by atoms with Gasteiger partial charge >= 0.3 is 12.0 Å². The highest BCUT2D eigenvalue weighted by molar-refractivity contribution is 5.98. The average Bonchev–Trinajstić information content (AvgIpc) is 3.25. The lowest BCUT2D eigenvalue weighted by molar-refractivity contribution is 0.174. The number of anilines is 2. The number of halogens is 1. The molecule has 9 heteroatoms. The van der Waals surface area contributed by atoms with E-state index in [1.54, 1.807) is 30.3 Å². The lowest BCUT2D eigenvalue weighted by Crippen LogP contribution is -2.19. The number of nitrogens with zero attached hydrogens (tertiary/aromatic N) is 2. The van der Waals surface area contributed by atoms with Crippen LogP contribution in [-0.4, -0.2) is 23.0 Å². The second-order valence-corrected chi connectivity index (χ2v) is 5.45. The number of hydrogen-bond donors (Lipinski definition) is 2. The molecule has 0 aliphatic carbocycles. The van der Waals surface area contributed by atoms with Gasteiger partial charge in [-0.05, 0) is 29.8 Å². The van der Waals surface area contributed by atoms with Crippen molar-refractivity contribution in [1.29, 1.82) is 0 Å². The summed E-state index contributed by atoms with van der Waals surface area (Å²) in [6, 6.07) is 10.4. The Hall–Kier alpha value is -3.62. The minimum atomic E-state index is -0.541. The summed E-state index contributed by atoms with van der Waals surface area (Å²) in [6.45, 7) is 0.157. The Bertz CT molecular complexity index is 942. The van der Waals surface area contributed by atoms with Crippen molar-refractivity contribution < 1.29 is 23.1 Å². The van der Waals surface area contributed by atoms with E-state index in [4.69, 9.17) is 13.9 Å². The largest absolute Gasteiger partial charge is 0.454 e. The van der Waals surface area contributed by atoms with Crippen LogP contribution in [0.15, 0.2) is 46.9 Å². The summed E-state index contributed by atoms with van der Waals surface area (Å²) in [7, 11) is 0. The molecule has 132 valence electrons. The Morgan fingerprint density at radius 2 is 1.85 bits per heavy atom. The summed E-state index contributed by atoms with van der Waals surface area (Å²) in [5.41, 5.74) is 1.34. The Labute approximate surface area is 146 Å². The monoisotopic (exact) mass is 356 g/mol. The van der Waals surface area contributed by atoms with Crippen LogP contribution in [0.5, 0.6) is 11.5 Å². The quantitative estimate of drug-likeness (QED) is 0.745. The molecule has 2 amide bonds. The number of hydrogen-bond acceptors (Lipinski definition) is 6. The molecule has 1 aromatic heterocycles. The number of nitrogens with one attached hydrogen (secondary N) is 2. The lowest BCUT2D eigenvalue weighted by Gasteiger charge is -2.05. The summed E-state index contributed by atoms with van der Waals surface area (Å²) in [4.78, 5) is 12.0. The third-order valence-corrected chi connectivity index (χ3v) is 3.59. The SMILES string of the molecule is O=C(Nc1ccc2c(c1)OCO2)Nc1nnc(Cc2ccc(F)cc2)o1. The predicted octanol–water partition coefficient (Wildman–Crippen LogP) is 3.17. The molecule has 1 aliphatic rings. The van der Waals surface area contributed by atoms with Crippen LogP contribution in [0.4, 0.5) is 20.9 Å². The van der Waals surface area contributed by atoms with Gasteiger partial charge in [-0.2, -0.15) is 0 Å². The molecule has 0 spiro atoms. The molecule has 1 aliphatic heterocycles. The average molecular weight is 356 g/mol. The number of aromatic nitrogens is 2. The second kappa shape index (κ2) is 6.71. The molecule has 0 bridgehead atoms. The molecule has 0 atom stereocenters. The summed E-state index contributed by atoms with van der Waals surface area (Å²) in [6.07, 6.45) is 0.332. The predicted molar refractivity (Wildman–Crippen MR) is 88.7 cm³/mol. The molecule has 4 rings (SSSR count). The Kier molecular flexibility index (Phi) is 4.10. The molecule has 0 saturated heterocycles. The topological polar surface area (TPSA) is 98.5 Å². The van der Waals surface area contributed by atoms with E-state index in [9.17, 15) is 9.18 Å². The van der Waals surface area contributed by atoms with Gasteiger partial charge in [-0.1, -0.05) is 17.2 Å². The second-order valence-electron chi connectivity index (χ2n) is 5.45. The van der Waals surface area contributed by atoms with E-state index in [0.29, 0.717) is 29.5 Å². The van der Waals surface area contributed by atoms with Crippen molar-refractivity contribution in [2.24, 2.45) is 0 Å². The summed E-state index contributed by atoms with van der Waals surface area (Å²) in [5.74, 6) is 1.16. The number of carbonyl (C=O) groups excluding carboxylic acids is 1. The van der Waals surface area contributed by atoms with Crippen molar-refractivity contribution in [3.63, 3.8) is 0 Å². The smallest absolute Gasteiger partial charge is 0.327 e. The van der Waals surface area contributed by atoms with Gasteiger partial charge in [0.25, 0.3) is 0 Å². The number of urea groups is 1. The van der Waals surface area contributed by atoms with E-state index in [0.717, 1.165) is 5.56 Å². The van der Waals surface area contributed by atoms with Crippen molar-refractivity contribution >= 4 is 17.7 Å². The van der Waals surface area contributed by atoms with Crippen molar-refractivity contribution in [3.05, 3.63) is 59.7 Å². The fourth-order valence-electron chi connectivity index (χ4n) is 2.39. The normalized spacial score (nSPS) is 12.0. The molecular weight excluding hydrogens is 343 g/mol. The molecule has 8 nitrogen and oxygen atoms in total. The molecule has 2 heterocycles. The van der Waals surface area contributed by atoms with E-state index in [-0.39, 0.29) is 18.6 Å². The first kappa shape index (κ1) is 15.9. The first-order chi connectivity index (χ1) is 12.7. The highest BCUT2D eigenvalue weighted by Crippen LogP contribution is 2.34. The van der Waals surface area contributed by atoms with Gasteiger partial charge in [-0.3, -0.25) is 5.32 Å². The summed E-state index contributed by atoms with van der Waals surface area (Å²) >= 11 is 0. The van der Waals surface area contributed by atoms with E-state index < -0.39 is 6.03 Å². The van der Waals surface area contributed by atoms with Crippen LogP contribution in [0.2, 0.25) is 0 Å². The van der Waals surface area contributed by atoms with Crippen molar-refractivity contribution in [1.82, 2.24) is 10.2 Å². The fraction of sp³-hybridized carbons (Fsp3) is 0.118. The van der Waals surface area contributed by atoms with Gasteiger partial charge in [0.1, 0.15) is 5.82 Å². The van der Waals surface area contributed by atoms with Gasteiger partial charge in [-0.15, -0.1) is 5.10 Å². The minimum absolute atomic E-state index is 0.0413. The molecule has 2 aromatic carbocycles. The van der Waals surface area contributed by atoms with Gasteiger partial charge in [-0.25, -0.2) is 9.18 Å². The third-order valence-electron chi connectivity index (χ3n) is 3.59. The zero-order valence-corrected chi connectivity index (χ0v) is 13.4. The van der Waals surface area contributed by atoms with Crippen LogP contribution in [0, 0.1) is 5.82 Å². The molecule has 0 saturated carbocycles. The van der Waals surface area contributed by atoms with Gasteiger partial charge < -0.3 is 19.2 Å². The number of rotatable bonds is 4. The molecule has 0 radical (unpaired) electrons. The minimum Gasteiger partial charge on any atom is -0.454 e. The van der Waals surface area contributed by atoms with Crippen LogP contribution >= 0.6 is 0 Å². The van der Waals surface area contributed by atoms with E-state index in [2.05, 4.69) is 20.8 Å². The maximum Gasteiger partial charge on any atom is 0.327 e. The van der Waals surface area contributed by atoms with Crippen LogP contribution in [-0.2, 0) is 6.42 Å². The third kappa shape index (κ3) is 3.56. The van der Waals surface area contributed by atoms with Crippen molar-refractivity contribution in [2.45, 2.75) is 6.42 Å². The molecule has 0 fully saturated rings. The summed E-state index contributed by atoms with van der Waals surface area (Å²) in [5, 5.41) is 12.7. The summed E-state index contributed by atoms with van der Waals surface area (Å²) < 4.78 is 28.7. The number of ether oxygens (including phenoxy) is 2. The van der Waals surface area contributed by atoms with Crippen LogP contribution in [0.3, 0.4) is 0 Å². The zero-order chi connectivity index (χ0) is 17.9. The number of fused-ring (bicyclic) bond motifs is 1. The molecular formula is C17H13FN4O4. The van der Waals surface area contributed by atoms with Crippen LogP contribution in [0.1, 0.15) is 11.5 Å². The van der Waals surface area contributed by atoms with Gasteiger partial charge in [0.15, 0.2) is 11.5 Å². The van der Waals surface area contributed by atoms with E-state index in [1.165, 1.54) is 12.1 Å². The molecule has 0 unspecified atom stereocenters. The zero-order valence-electron chi connectivity index (χ0n) is 13.4. The fourth-order valence-corrected chi connectivity index (χ4v) is 2.39. The highest BCUT2D eigenvalue weighted by Gasteiger charge is 2.15. The molecule has 2 N–H and O–H groups in total. The highest BCUT2D eigenvalue weighted by atomic mass is 19.1. The Balaban J connectivity index is 1.36. The van der Waals surface area contributed by atoms with Crippen LogP contribution in [0.25, 0.3) is 0 Å². The van der Waals surface area contributed by atoms with E-state index >= 15 is 0 Å². The number of carbonyl (C=O) groups is 1. The van der Waals surface area contributed by atoms with Gasteiger partial charge in [0, 0.05) is 11.8 Å². The first-order valence-electron chi connectivity index (χ1n) is 7.70. The van der Waals surface area contributed by atoms with Crippen molar-refractivity contribution in [3.8, 4) is 11.5 Å².